The molecule has 0 unspecified atom stereocenters. The van der Waals surface area contributed by atoms with E-state index in [9.17, 15) is 9.59 Å². The van der Waals surface area contributed by atoms with Crippen LogP contribution in [0.15, 0.2) is 34.2 Å². The van der Waals surface area contributed by atoms with Crippen molar-refractivity contribution < 1.29 is 9.59 Å². The molecule has 5 nitrogen and oxygen atoms in total. The van der Waals surface area contributed by atoms with Gasteiger partial charge in [-0.3, -0.25) is 9.59 Å². The molecule has 7 heteroatoms. The van der Waals surface area contributed by atoms with E-state index < -0.39 is 5.91 Å². The third-order valence-electron chi connectivity index (χ3n) is 2.86. The van der Waals surface area contributed by atoms with Crippen molar-refractivity contribution in [1.82, 2.24) is 4.98 Å². The second-order valence-electron chi connectivity index (χ2n) is 4.39. The first-order valence-corrected chi connectivity index (χ1v) is 7.96. The van der Waals surface area contributed by atoms with E-state index in [4.69, 9.17) is 5.73 Å². The maximum atomic E-state index is 11.8. The van der Waals surface area contributed by atoms with Crippen molar-refractivity contribution in [3.8, 4) is 0 Å². The van der Waals surface area contributed by atoms with Crippen molar-refractivity contribution in [2.45, 2.75) is 19.3 Å². The van der Waals surface area contributed by atoms with E-state index >= 15 is 0 Å². The number of thiazole rings is 1. The number of benzene rings is 1. The van der Waals surface area contributed by atoms with Crippen molar-refractivity contribution in [1.29, 1.82) is 0 Å². The van der Waals surface area contributed by atoms with Crippen LogP contribution in [0.5, 0.6) is 0 Å². The molecule has 0 aliphatic rings. The molecular weight excluding hydrogens is 354 g/mol. The number of nitrogens with zero attached hydrogens (tertiary/aromatic N) is 1. The van der Waals surface area contributed by atoms with Crippen LogP contribution in [0.3, 0.4) is 0 Å². The molecule has 21 heavy (non-hydrogen) atoms. The molecule has 0 radical (unpaired) electrons. The van der Waals surface area contributed by atoms with Gasteiger partial charge in [-0.05, 0) is 40.4 Å². The van der Waals surface area contributed by atoms with Gasteiger partial charge in [-0.15, -0.1) is 0 Å². The Morgan fingerprint density at radius 3 is 2.76 bits per heavy atom. The molecule has 1 heterocycles. The van der Waals surface area contributed by atoms with Crippen LogP contribution in [0.4, 0.5) is 5.13 Å². The Hall–Kier alpha value is -1.73. The first-order chi connectivity index (χ1) is 10.1. The van der Waals surface area contributed by atoms with Crippen molar-refractivity contribution in [2.75, 3.05) is 5.32 Å². The molecule has 110 valence electrons. The Bertz CT molecular complexity index is 657. The van der Waals surface area contributed by atoms with Crippen molar-refractivity contribution >= 4 is 44.2 Å². The zero-order valence-electron chi connectivity index (χ0n) is 11.1. The maximum Gasteiger partial charge on any atom is 0.248 e. The van der Waals surface area contributed by atoms with Gasteiger partial charge in [0, 0.05) is 12.0 Å². The minimum atomic E-state index is -0.442. The molecule has 2 aromatic rings. The Kier molecular flexibility index (Phi) is 5.46. The number of halogens is 1. The molecule has 1 aromatic carbocycles. The molecule has 0 spiro atoms. The van der Waals surface area contributed by atoms with E-state index in [1.807, 2.05) is 12.1 Å². The number of hydrogen-bond acceptors (Lipinski definition) is 4. The lowest BCUT2D eigenvalue weighted by Gasteiger charge is -2.06. The van der Waals surface area contributed by atoms with Gasteiger partial charge in [0.25, 0.3) is 0 Å². The van der Waals surface area contributed by atoms with Gasteiger partial charge in [-0.1, -0.05) is 29.5 Å². The van der Waals surface area contributed by atoms with Gasteiger partial charge in [0.05, 0.1) is 9.98 Å². The van der Waals surface area contributed by atoms with E-state index in [-0.39, 0.29) is 5.91 Å². The highest BCUT2D eigenvalue weighted by Gasteiger charge is 2.09. The van der Waals surface area contributed by atoms with Crippen LogP contribution in [0, 0.1) is 0 Å². The van der Waals surface area contributed by atoms with Crippen molar-refractivity contribution in [3.63, 3.8) is 0 Å². The quantitative estimate of drug-likeness (QED) is 0.822. The number of primary amides is 1. The lowest BCUT2D eigenvalue weighted by Crippen LogP contribution is -2.14. The molecule has 2 rings (SSSR count). The van der Waals surface area contributed by atoms with Crippen LogP contribution in [-0.4, -0.2) is 16.8 Å². The van der Waals surface area contributed by atoms with Crippen LogP contribution in [0.2, 0.25) is 0 Å². The fraction of sp³-hybridized carbons (Fsp3) is 0.214. The number of aromatic nitrogens is 1. The molecule has 1 aromatic heterocycles. The van der Waals surface area contributed by atoms with Gasteiger partial charge >= 0.3 is 0 Å². The molecule has 2 amide bonds. The number of rotatable bonds is 6. The van der Waals surface area contributed by atoms with Crippen LogP contribution in [0.1, 0.15) is 28.8 Å². The highest BCUT2D eigenvalue weighted by Crippen LogP contribution is 2.23. The van der Waals surface area contributed by atoms with E-state index in [0.717, 1.165) is 9.35 Å². The molecule has 0 aliphatic heterocycles. The van der Waals surface area contributed by atoms with E-state index in [1.165, 1.54) is 11.3 Å². The fourth-order valence-corrected chi connectivity index (χ4v) is 3.03. The van der Waals surface area contributed by atoms with Crippen molar-refractivity contribution in [2.24, 2.45) is 5.73 Å². The smallest absolute Gasteiger partial charge is 0.248 e. The third-order valence-corrected chi connectivity index (χ3v) is 4.25. The Morgan fingerprint density at radius 1 is 1.33 bits per heavy atom. The molecule has 3 N–H and O–H groups in total. The molecular formula is C14H14BrN3O2S. The van der Waals surface area contributed by atoms with Gasteiger partial charge in [-0.25, -0.2) is 4.98 Å². The molecule has 0 fully saturated rings. The van der Waals surface area contributed by atoms with Crippen molar-refractivity contribution in [3.05, 3.63) is 45.4 Å². The zero-order valence-corrected chi connectivity index (χ0v) is 13.5. The van der Waals surface area contributed by atoms with Gasteiger partial charge in [0.15, 0.2) is 5.13 Å². The summed E-state index contributed by atoms with van der Waals surface area (Å²) in [5.41, 5.74) is 6.71. The summed E-state index contributed by atoms with van der Waals surface area (Å²) in [5.74, 6) is -0.531. The molecule has 0 bridgehead atoms. The Morgan fingerprint density at radius 2 is 2.10 bits per heavy atom. The fourth-order valence-electron chi connectivity index (χ4n) is 1.91. The Labute approximate surface area is 134 Å². The van der Waals surface area contributed by atoms with E-state index in [1.54, 1.807) is 18.3 Å². The normalized spacial score (nSPS) is 10.3. The largest absolute Gasteiger partial charge is 0.366 e. The summed E-state index contributed by atoms with van der Waals surface area (Å²) in [4.78, 5) is 27.1. The summed E-state index contributed by atoms with van der Waals surface area (Å²) in [7, 11) is 0. The SMILES string of the molecule is NC(=O)c1ccccc1CCCC(=O)Nc1ncc(Br)s1. The second-order valence-corrected chi connectivity index (χ2v) is 6.80. The van der Waals surface area contributed by atoms with Crippen LogP contribution >= 0.6 is 27.3 Å². The predicted molar refractivity (Wildman–Crippen MR) is 86.3 cm³/mol. The lowest BCUT2D eigenvalue weighted by molar-refractivity contribution is -0.116. The Balaban J connectivity index is 1.84. The number of amides is 2. The van der Waals surface area contributed by atoms with Crippen LogP contribution in [0.25, 0.3) is 0 Å². The van der Waals surface area contributed by atoms with Gasteiger partial charge in [0.1, 0.15) is 0 Å². The average molecular weight is 368 g/mol. The summed E-state index contributed by atoms with van der Waals surface area (Å²) in [6.07, 6.45) is 3.28. The van der Waals surface area contributed by atoms with E-state index in [2.05, 4.69) is 26.2 Å². The average Bonchev–Trinajstić information content (AvgIpc) is 2.84. The van der Waals surface area contributed by atoms with Gasteiger partial charge in [-0.2, -0.15) is 0 Å². The molecule has 0 saturated carbocycles. The summed E-state index contributed by atoms with van der Waals surface area (Å²) in [6, 6.07) is 7.19. The number of nitrogens with one attached hydrogen (secondary N) is 1. The maximum absolute atomic E-state index is 11.8. The number of hydrogen-bond donors (Lipinski definition) is 2. The minimum absolute atomic E-state index is 0.0894. The summed E-state index contributed by atoms with van der Waals surface area (Å²) >= 11 is 4.65. The first-order valence-electron chi connectivity index (χ1n) is 6.35. The summed E-state index contributed by atoms with van der Waals surface area (Å²) < 4.78 is 0.869. The summed E-state index contributed by atoms with van der Waals surface area (Å²) in [6.45, 7) is 0. The highest BCUT2D eigenvalue weighted by molar-refractivity contribution is 9.11. The monoisotopic (exact) mass is 367 g/mol. The molecule has 0 saturated heterocycles. The van der Waals surface area contributed by atoms with Gasteiger partial charge < -0.3 is 11.1 Å². The lowest BCUT2D eigenvalue weighted by atomic mass is 10.0. The predicted octanol–water partition coefficient (Wildman–Crippen LogP) is 2.97. The van der Waals surface area contributed by atoms with E-state index in [0.29, 0.717) is 30.0 Å². The molecule has 0 atom stereocenters. The highest BCUT2D eigenvalue weighted by atomic mass is 79.9. The standard InChI is InChI=1S/C14H14BrN3O2S/c15-11-8-17-14(21-11)18-12(19)7-3-5-9-4-1-2-6-10(9)13(16)20/h1-2,4,6,8H,3,5,7H2,(H2,16,20)(H,17,18,19). The number of carbonyl (C=O) groups is 2. The minimum Gasteiger partial charge on any atom is -0.366 e. The topological polar surface area (TPSA) is 85.1 Å². The van der Waals surface area contributed by atoms with Gasteiger partial charge in [0.2, 0.25) is 11.8 Å². The van der Waals surface area contributed by atoms with Crippen LogP contribution in [-0.2, 0) is 11.2 Å². The number of anilines is 1. The zero-order chi connectivity index (χ0) is 15.2. The third kappa shape index (κ3) is 4.64. The first kappa shape index (κ1) is 15.7. The number of carbonyl (C=O) groups excluding carboxylic acids is 2. The second kappa shape index (κ2) is 7.33. The van der Waals surface area contributed by atoms with Crippen LogP contribution < -0.4 is 11.1 Å². The summed E-state index contributed by atoms with van der Waals surface area (Å²) in [5, 5.41) is 3.31. The molecule has 0 aliphatic carbocycles. The number of aryl methyl sites for hydroxylation is 1. The number of nitrogens with two attached hydrogens (primary N) is 1.